The number of nitrogens with zero attached hydrogens (tertiary/aromatic N) is 3. The number of aromatic nitrogens is 2. The third kappa shape index (κ3) is 4.16. The van der Waals surface area contributed by atoms with Crippen LogP contribution in [0.1, 0.15) is 49.7 Å². The van der Waals surface area contributed by atoms with Crippen molar-refractivity contribution in [3.05, 3.63) is 47.3 Å². The van der Waals surface area contributed by atoms with Gasteiger partial charge in [-0.1, -0.05) is 25.5 Å². The van der Waals surface area contributed by atoms with Crippen LogP contribution < -0.4 is 4.74 Å². The molecule has 0 saturated heterocycles. The Morgan fingerprint density at radius 3 is 2.75 bits per heavy atom. The Labute approximate surface area is 143 Å². The predicted molar refractivity (Wildman–Crippen MR) is 93.8 cm³/mol. The van der Waals surface area contributed by atoms with Gasteiger partial charge in [0.15, 0.2) is 0 Å². The maximum absolute atomic E-state index is 9.68. The van der Waals surface area contributed by atoms with Crippen LogP contribution in [0.3, 0.4) is 0 Å². The molecule has 2 aromatic rings. The summed E-state index contributed by atoms with van der Waals surface area (Å²) in [6, 6.07) is 10.4. The third-order valence-electron chi connectivity index (χ3n) is 4.42. The number of rotatable bonds is 7. The molecule has 1 aromatic heterocycles. The zero-order valence-corrected chi connectivity index (χ0v) is 14.6. The van der Waals surface area contributed by atoms with Crippen LogP contribution in [0.5, 0.6) is 5.75 Å². The average Bonchev–Trinajstić information content (AvgIpc) is 3.00. The first kappa shape index (κ1) is 17.0. The van der Waals surface area contributed by atoms with Gasteiger partial charge in [0, 0.05) is 19.6 Å². The third-order valence-corrected chi connectivity index (χ3v) is 4.42. The van der Waals surface area contributed by atoms with Crippen LogP contribution in [0.25, 0.3) is 0 Å². The van der Waals surface area contributed by atoms with E-state index in [0.717, 1.165) is 57.1 Å². The second-order valence-electron chi connectivity index (χ2n) is 6.52. The molecule has 1 unspecified atom stereocenters. The van der Waals surface area contributed by atoms with Crippen molar-refractivity contribution < 1.29 is 9.84 Å². The van der Waals surface area contributed by atoms with Gasteiger partial charge < -0.3 is 9.84 Å². The Kier molecular flexibility index (Phi) is 5.53. The summed E-state index contributed by atoms with van der Waals surface area (Å²) in [4.78, 5) is 2.41. The molecule has 1 N–H and O–H groups in total. The summed E-state index contributed by atoms with van der Waals surface area (Å²) in [6.07, 6.45) is 1.75. The Balaban J connectivity index is 1.56. The van der Waals surface area contributed by atoms with Gasteiger partial charge in [0.1, 0.15) is 5.75 Å². The topological polar surface area (TPSA) is 50.5 Å². The molecular weight excluding hydrogens is 302 g/mol. The maximum atomic E-state index is 9.68. The lowest BCUT2D eigenvalue weighted by Crippen LogP contribution is -2.33. The summed E-state index contributed by atoms with van der Waals surface area (Å²) in [5.41, 5.74) is 3.23. The van der Waals surface area contributed by atoms with Gasteiger partial charge in [-0.15, -0.1) is 0 Å². The molecule has 1 aliphatic rings. The zero-order chi connectivity index (χ0) is 16.9. The summed E-state index contributed by atoms with van der Waals surface area (Å²) in [6.45, 7) is 8.36. The molecular formula is C19H27N3O2. The summed E-state index contributed by atoms with van der Waals surface area (Å²) in [7, 11) is 0. The highest BCUT2D eigenvalue weighted by Crippen LogP contribution is 2.20. The van der Waals surface area contributed by atoms with E-state index in [4.69, 9.17) is 4.74 Å². The number of fused-ring (bicyclic) bond motifs is 1. The lowest BCUT2D eigenvalue weighted by molar-refractivity contribution is 0.189. The van der Waals surface area contributed by atoms with Gasteiger partial charge in [-0.2, -0.15) is 5.10 Å². The summed E-state index contributed by atoms with van der Waals surface area (Å²) >= 11 is 0. The molecule has 5 heteroatoms. The molecule has 5 nitrogen and oxygen atoms in total. The minimum absolute atomic E-state index is 0.503. The molecule has 0 fully saturated rings. The van der Waals surface area contributed by atoms with Crippen LogP contribution in [0.2, 0.25) is 0 Å². The number of hydrogen-bond acceptors (Lipinski definition) is 4. The summed E-state index contributed by atoms with van der Waals surface area (Å²) in [5.74, 6) is 0.950. The lowest BCUT2D eigenvalue weighted by atomic mass is 10.2. The quantitative estimate of drug-likeness (QED) is 0.793. The minimum Gasteiger partial charge on any atom is -0.494 e. The second-order valence-corrected chi connectivity index (χ2v) is 6.52. The molecule has 3 rings (SSSR count). The van der Waals surface area contributed by atoms with Crippen LogP contribution in [-0.2, 0) is 19.6 Å². The van der Waals surface area contributed by atoms with Crippen molar-refractivity contribution in [3.8, 4) is 5.75 Å². The van der Waals surface area contributed by atoms with Crippen LogP contribution in [0.15, 0.2) is 30.3 Å². The number of ether oxygens (including phenoxy) is 1. The Hall–Kier alpha value is -1.85. The van der Waals surface area contributed by atoms with E-state index in [-0.39, 0.29) is 0 Å². The van der Waals surface area contributed by atoms with Gasteiger partial charge in [-0.3, -0.25) is 9.58 Å². The first-order valence-electron chi connectivity index (χ1n) is 8.84. The van der Waals surface area contributed by atoms with Crippen molar-refractivity contribution in [1.29, 1.82) is 0 Å². The fraction of sp³-hybridized carbons (Fsp3) is 0.526. The van der Waals surface area contributed by atoms with Crippen LogP contribution in [-0.4, -0.2) is 32.9 Å². The molecule has 0 amide bonds. The molecule has 0 spiro atoms. The summed E-state index contributed by atoms with van der Waals surface area (Å²) < 4.78 is 7.73. The van der Waals surface area contributed by atoms with Crippen LogP contribution in [0.4, 0.5) is 0 Å². The molecule has 24 heavy (non-hydrogen) atoms. The van der Waals surface area contributed by atoms with E-state index in [1.165, 1.54) is 11.3 Å². The van der Waals surface area contributed by atoms with Crippen molar-refractivity contribution in [2.24, 2.45) is 0 Å². The van der Waals surface area contributed by atoms with E-state index < -0.39 is 6.10 Å². The number of aliphatic hydroxyl groups is 1. The fourth-order valence-electron chi connectivity index (χ4n) is 2.97. The largest absolute Gasteiger partial charge is 0.494 e. The van der Waals surface area contributed by atoms with Gasteiger partial charge in [-0.05, 0) is 37.1 Å². The minimum atomic E-state index is -0.503. The molecule has 1 atom stereocenters. The molecule has 130 valence electrons. The normalized spacial score (nSPS) is 16.0. The standard InChI is InChI=1S/C19H27N3O2/c1-3-4-11-24-18-7-5-16(6-8-18)13-21-9-10-22-17(14-21)12-19(20-22)15(2)23/h5-8,12,15,23H,3-4,9-11,13-14H2,1-2H3. The van der Waals surface area contributed by atoms with Crippen molar-refractivity contribution in [1.82, 2.24) is 14.7 Å². The Morgan fingerprint density at radius 1 is 1.25 bits per heavy atom. The van der Waals surface area contributed by atoms with E-state index in [0.29, 0.717) is 0 Å². The SMILES string of the molecule is CCCCOc1ccc(CN2CCn3nc(C(C)O)cc3C2)cc1. The van der Waals surface area contributed by atoms with Crippen molar-refractivity contribution >= 4 is 0 Å². The number of benzene rings is 1. The van der Waals surface area contributed by atoms with Crippen LogP contribution in [0, 0.1) is 0 Å². The van der Waals surface area contributed by atoms with Crippen molar-refractivity contribution in [2.75, 3.05) is 13.2 Å². The molecule has 1 aliphatic heterocycles. The van der Waals surface area contributed by atoms with Gasteiger partial charge in [-0.25, -0.2) is 0 Å². The number of unbranched alkanes of at least 4 members (excludes halogenated alkanes) is 1. The van der Waals surface area contributed by atoms with Gasteiger partial charge in [0.2, 0.25) is 0 Å². The molecule has 1 aromatic carbocycles. The monoisotopic (exact) mass is 329 g/mol. The van der Waals surface area contributed by atoms with E-state index >= 15 is 0 Å². The first-order chi connectivity index (χ1) is 11.7. The molecule has 0 bridgehead atoms. The average molecular weight is 329 g/mol. The first-order valence-corrected chi connectivity index (χ1v) is 8.84. The molecule has 0 radical (unpaired) electrons. The lowest BCUT2D eigenvalue weighted by Gasteiger charge is -2.27. The number of hydrogen-bond donors (Lipinski definition) is 1. The maximum Gasteiger partial charge on any atom is 0.119 e. The van der Waals surface area contributed by atoms with Crippen molar-refractivity contribution in [3.63, 3.8) is 0 Å². The van der Waals surface area contributed by atoms with Gasteiger partial charge in [0.05, 0.1) is 30.6 Å². The van der Waals surface area contributed by atoms with E-state index in [1.54, 1.807) is 6.92 Å². The number of aliphatic hydroxyl groups excluding tert-OH is 1. The smallest absolute Gasteiger partial charge is 0.119 e. The van der Waals surface area contributed by atoms with Gasteiger partial charge >= 0.3 is 0 Å². The highest BCUT2D eigenvalue weighted by molar-refractivity contribution is 5.27. The van der Waals surface area contributed by atoms with E-state index in [2.05, 4.69) is 41.2 Å². The molecule has 2 heterocycles. The van der Waals surface area contributed by atoms with Gasteiger partial charge in [0.25, 0.3) is 0 Å². The van der Waals surface area contributed by atoms with E-state index in [9.17, 15) is 5.11 Å². The Bertz CT molecular complexity index is 649. The predicted octanol–water partition coefficient (Wildman–Crippen LogP) is 3.13. The van der Waals surface area contributed by atoms with Crippen LogP contribution >= 0.6 is 0 Å². The zero-order valence-electron chi connectivity index (χ0n) is 14.6. The Morgan fingerprint density at radius 2 is 2.04 bits per heavy atom. The van der Waals surface area contributed by atoms with Crippen molar-refractivity contribution in [2.45, 2.75) is 52.4 Å². The summed E-state index contributed by atoms with van der Waals surface area (Å²) in [5, 5.41) is 14.1. The van der Waals surface area contributed by atoms with E-state index in [1.807, 2.05) is 10.7 Å². The highest BCUT2D eigenvalue weighted by atomic mass is 16.5. The second kappa shape index (κ2) is 7.81. The molecule has 0 saturated carbocycles. The fourth-order valence-corrected chi connectivity index (χ4v) is 2.97. The highest BCUT2D eigenvalue weighted by Gasteiger charge is 2.19. The molecule has 0 aliphatic carbocycles.